The van der Waals surface area contributed by atoms with Gasteiger partial charge in [-0.25, -0.2) is 13.9 Å². The quantitative estimate of drug-likeness (QED) is 0.331. The molecule has 188 valence electrons. The van der Waals surface area contributed by atoms with E-state index in [4.69, 9.17) is 24.3 Å². The predicted molar refractivity (Wildman–Crippen MR) is 128 cm³/mol. The van der Waals surface area contributed by atoms with Crippen LogP contribution in [0.1, 0.15) is 20.1 Å². The number of imidazole rings is 1. The molecule has 5 rings (SSSR count). The normalized spacial score (nSPS) is 24.3. The Morgan fingerprint density at radius 2 is 2.03 bits per heavy atom. The molecule has 11 nitrogen and oxygen atoms in total. The number of fused-ring (bicyclic) bond motifs is 2. The first-order chi connectivity index (χ1) is 17.3. The number of alkyl halides is 1. The number of ether oxygens (including phenoxy) is 2. The fourth-order valence-corrected chi connectivity index (χ4v) is 4.86. The van der Waals surface area contributed by atoms with E-state index in [9.17, 15) is 9.67 Å². The van der Waals surface area contributed by atoms with Crippen LogP contribution in [0.4, 0.5) is 10.3 Å². The van der Waals surface area contributed by atoms with E-state index < -0.39 is 39.0 Å². The van der Waals surface area contributed by atoms with E-state index in [-0.39, 0.29) is 17.5 Å². The van der Waals surface area contributed by atoms with Crippen LogP contribution in [-0.4, -0.2) is 49.8 Å². The van der Waals surface area contributed by atoms with Crippen molar-refractivity contribution < 1.29 is 32.6 Å². The van der Waals surface area contributed by atoms with Crippen LogP contribution in [0.2, 0.25) is 0 Å². The average molecular weight is 516 g/mol. The van der Waals surface area contributed by atoms with Gasteiger partial charge in [0.05, 0.1) is 12.9 Å². The van der Waals surface area contributed by atoms with Gasteiger partial charge < -0.3 is 20.3 Å². The number of anilines is 1. The number of aliphatic hydroxyl groups excluding tert-OH is 1. The zero-order valence-electron chi connectivity index (χ0n) is 19.4. The molecule has 1 saturated heterocycles. The van der Waals surface area contributed by atoms with Gasteiger partial charge in [0.25, 0.3) is 5.85 Å². The first-order valence-electron chi connectivity index (χ1n) is 11.2. The number of hydrogen-bond acceptors (Lipinski definition) is 10. The SMILES string of the molecule is CCOc1nc(N)nc2c1ncn2C1OC(F)(CO[P+](=O)Oc2cccc3ccccc23)C(O)C1C. The van der Waals surface area contributed by atoms with E-state index in [2.05, 4.69) is 15.0 Å². The molecule has 0 amide bonds. The van der Waals surface area contributed by atoms with E-state index >= 15 is 4.39 Å². The van der Waals surface area contributed by atoms with Gasteiger partial charge in [0.1, 0.15) is 12.3 Å². The lowest BCUT2D eigenvalue weighted by atomic mass is 10.0. The van der Waals surface area contributed by atoms with Gasteiger partial charge in [-0.05, 0) is 18.4 Å². The summed E-state index contributed by atoms with van der Waals surface area (Å²) < 4.78 is 51.3. The smallest absolute Gasteiger partial charge is 0.476 e. The van der Waals surface area contributed by atoms with Crippen molar-refractivity contribution in [1.82, 2.24) is 19.5 Å². The Bertz CT molecular complexity index is 1430. The van der Waals surface area contributed by atoms with Gasteiger partial charge >= 0.3 is 8.25 Å². The number of benzene rings is 2. The van der Waals surface area contributed by atoms with Crippen molar-refractivity contribution in [3.8, 4) is 11.6 Å². The minimum Gasteiger partial charge on any atom is -0.476 e. The van der Waals surface area contributed by atoms with E-state index in [1.807, 2.05) is 30.3 Å². The molecule has 5 atom stereocenters. The highest BCUT2D eigenvalue weighted by molar-refractivity contribution is 7.33. The third kappa shape index (κ3) is 4.33. The minimum atomic E-state index is -2.77. The van der Waals surface area contributed by atoms with Crippen LogP contribution in [0.3, 0.4) is 0 Å². The van der Waals surface area contributed by atoms with Crippen molar-refractivity contribution in [3.05, 3.63) is 48.8 Å². The molecule has 5 unspecified atom stereocenters. The summed E-state index contributed by atoms with van der Waals surface area (Å²) in [6.45, 7) is 2.88. The van der Waals surface area contributed by atoms with Crippen LogP contribution in [0.5, 0.6) is 11.6 Å². The largest absolute Gasteiger partial charge is 0.750 e. The van der Waals surface area contributed by atoms with Crippen molar-refractivity contribution in [2.75, 3.05) is 18.9 Å². The number of nitrogens with zero attached hydrogens (tertiary/aromatic N) is 4. The Morgan fingerprint density at radius 3 is 2.83 bits per heavy atom. The highest BCUT2D eigenvalue weighted by atomic mass is 31.1. The van der Waals surface area contributed by atoms with Crippen LogP contribution in [0.15, 0.2) is 48.8 Å². The van der Waals surface area contributed by atoms with Gasteiger partial charge in [-0.15, -0.1) is 4.52 Å². The van der Waals surface area contributed by atoms with E-state index in [1.165, 1.54) is 10.9 Å². The molecule has 3 N–H and O–H groups in total. The Labute approximate surface area is 205 Å². The molecule has 3 heterocycles. The van der Waals surface area contributed by atoms with Crippen LogP contribution in [0, 0.1) is 5.92 Å². The zero-order chi connectivity index (χ0) is 25.4. The fraction of sp³-hybridized carbons (Fsp3) is 0.348. The van der Waals surface area contributed by atoms with Crippen LogP contribution >= 0.6 is 8.25 Å². The zero-order valence-corrected chi connectivity index (χ0v) is 20.3. The average Bonchev–Trinajstić information content (AvgIpc) is 3.38. The first kappa shape index (κ1) is 24.3. The second kappa shape index (κ2) is 9.55. The standard InChI is InChI=1S/C23H24FN5O6P/c1-3-32-20-17-19(27-22(25)28-20)29(12-26-17)21-13(2)18(30)23(24,34-21)11-33-36(31)35-16-10-6-8-14-7-4-5-9-15(14)16/h4-10,12-13,18,21,30H,3,11H2,1-2H3,(H2,25,27,28)/q+1. The summed E-state index contributed by atoms with van der Waals surface area (Å²) in [7, 11) is -2.77. The van der Waals surface area contributed by atoms with Crippen molar-refractivity contribution in [2.24, 2.45) is 5.92 Å². The molecule has 0 radical (unpaired) electrons. The molecule has 2 aromatic heterocycles. The second-order valence-corrected chi connectivity index (χ2v) is 9.20. The highest BCUT2D eigenvalue weighted by Crippen LogP contribution is 2.45. The maximum absolute atomic E-state index is 15.7. The summed E-state index contributed by atoms with van der Waals surface area (Å²) in [6, 6.07) is 12.6. The molecule has 0 saturated carbocycles. The van der Waals surface area contributed by atoms with E-state index in [0.29, 0.717) is 17.9 Å². The number of hydrogen-bond donors (Lipinski definition) is 2. The molecule has 1 fully saturated rings. The molecular formula is C23H24FN5O6P+. The summed E-state index contributed by atoms with van der Waals surface area (Å²) in [4.78, 5) is 12.5. The molecule has 0 aliphatic carbocycles. The van der Waals surface area contributed by atoms with Gasteiger partial charge in [-0.1, -0.05) is 43.3 Å². The van der Waals surface area contributed by atoms with Gasteiger partial charge in [0, 0.05) is 15.9 Å². The third-order valence-electron chi connectivity index (χ3n) is 5.96. The van der Waals surface area contributed by atoms with Crippen molar-refractivity contribution in [1.29, 1.82) is 0 Å². The van der Waals surface area contributed by atoms with Crippen LogP contribution < -0.4 is 15.0 Å². The Morgan fingerprint density at radius 1 is 1.25 bits per heavy atom. The molecule has 0 bridgehead atoms. The van der Waals surface area contributed by atoms with Gasteiger partial charge in [0.2, 0.25) is 11.8 Å². The number of aromatic nitrogens is 4. The lowest BCUT2D eigenvalue weighted by Crippen LogP contribution is -2.40. The monoisotopic (exact) mass is 516 g/mol. The maximum Gasteiger partial charge on any atom is 0.750 e. The molecular weight excluding hydrogens is 492 g/mol. The van der Waals surface area contributed by atoms with Crippen molar-refractivity contribution in [2.45, 2.75) is 32.0 Å². The van der Waals surface area contributed by atoms with Gasteiger partial charge in [-0.3, -0.25) is 4.57 Å². The summed E-state index contributed by atoms with van der Waals surface area (Å²) in [6.07, 6.45) is -1.24. The fourth-order valence-electron chi connectivity index (χ4n) is 4.21. The molecule has 0 spiro atoms. The highest BCUT2D eigenvalue weighted by Gasteiger charge is 2.56. The van der Waals surface area contributed by atoms with Crippen molar-refractivity contribution >= 4 is 36.1 Å². The number of rotatable bonds is 8. The van der Waals surface area contributed by atoms with Gasteiger partial charge in [-0.2, -0.15) is 9.97 Å². The molecule has 4 aromatic rings. The summed E-state index contributed by atoms with van der Waals surface area (Å²) >= 11 is 0. The molecule has 13 heteroatoms. The number of nitrogen functional groups attached to an aromatic ring is 1. The minimum absolute atomic E-state index is 0.0590. The lowest BCUT2D eigenvalue weighted by Gasteiger charge is -2.20. The topological polar surface area (TPSA) is 144 Å². The van der Waals surface area contributed by atoms with Crippen molar-refractivity contribution in [3.63, 3.8) is 0 Å². The molecule has 36 heavy (non-hydrogen) atoms. The van der Waals surface area contributed by atoms with E-state index in [0.717, 1.165) is 10.8 Å². The molecule has 2 aromatic carbocycles. The van der Waals surface area contributed by atoms with Gasteiger partial charge in [0.15, 0.2) is 23.5 Å². The Kier molecular flexibility index (Phi) is 6.44. The molecule has 1 aliphatic rings. The molecule has 1 aliphatic heterocycles. The summed E-state index contributed by atoms with van der Waals surface area (Å²) in [5, 5.41) is 12.3. The second-order valence-electron chi connectivity index (χ2n) is 8.31. The lowest BCUT2D eigenvalue weighted by molar-refractivity contribution is -0.202. The first-order valence-corrected chi connectivity index (χ1v) is 12.3. The maximum atomic E-state index is 15.7. The number of halogens is 1. The van der Waals surface area contributed by atoms with Crippen LogP contribution in [0.25, 0.3) is 21.9 Å². The predicted octanol–water partition coefficient (Wildman–Crippen LogP) is 3.91. The number of nitrogens with two attached hydrogens (primary N) is 1. The van der Waals surface area contributed by atoms with E-state index in [1.54, 1.807) is 26.0 Å². The van der Waals surface area contributed by atoms with Crippen LogP contribution in [-0.2, 0) is 13.8 Å². The Hall–Kier alpha value is -3.44. The number of aliphatic hydroxyl groups is 1. The summed E-state index contributed by atoms with van der Waals surface area (Å²) in [5.41, 5.74) is 6.37. The Balaban J connectivity index is 1.33. The third-order valence-corrected chi connectivity index (χ3v) is 6.64. The summed E-state index contributed by atoms with van der Waals surface area (Å²) in [5.74, 6) is -2.97.